The van der Waals surface area contributed by atoms with Crippen molar-refractivity contribution in [1.29, 1.82) is 0 Å². The van der Waals surface area contributed by atoms with Crippen molar-refractivity contribution < 1.29 is 14.3 Å². The summed E-state index contributed by atoms with van der Waals surface area (Å²) < 4.78 is 5.29. The number of carboxylic acids is 1. The molecule has 2 rings (SSSR count). The highest BCUT2D eigenvalue weighted by atomic mass is 16.4. The Labute approximate surface area is 98.9 Å². The van der Waals surface area contributed by atoms with Gasteiger partial charge in [-0.2, -0.15) is 0 Å². The van der Waals surface area contributed by atoms with Gasteiger partial charge >= 0.3 is 5.97 Å². The van der Waals surface area contributed by atoms with Crippen molar-refractivity contribution in [3.05, 3.63) is 41.3 Å². The minimum Gasteiger partial charge on any atom is -0.478 e. The molecule has 4 nitrogen and oxygen atoms in total. The van der Waals surface area contributed by atoms with Gasteiger partial charge in [0.15, 0.2) is 5.76 Å². The molecular formula is C13H13NO3. The summed E-state index contributed by atoms with van der Waals surface area (Å²) >= 11 is 0. The molecule has 88 valence electrons. The van der Waals surface area contributed by atoms with Crippen molar-refractivity contribution in [2.75, 3.05) is 0 Å². The predicted molar refractivity (Wildman–Crippen MR) is 63.0 cm³/mol. The molecule has 2 heterocycles. The van der Waals surface area contributed by atoms with E-state index in [1.807, 2.05) is 19.9 Å². The van der Waals surface area contributed by atoms with Crippen LogP contribution in [0, 0.1) is 6.92 Å². The van der Waals surface area contributed by atoms with Gasteiger partial charge in [0.25, 0.3) is 0 Å². The molecule has 0 aliphatic rings. The van der Waals surface area contributed by atoms with E-state index in [1.54, 1.807) is 18.4 Å². The highest BCUT2D eigenvalue weighted by Gasteiger charge is 2.15. The zero-order valence-electron chi connectivity index (χ0n) is 9.73. The van der Waals surface area contributed by atoms with Crippen molar-refractivity contribution in [2.24, 2.45) is 0 Å². The number of furan rings is 1. The van der Waals surface area contributed by atoms with Gasteiger partial charge in [-0.1, -0.05) is 6.92 Å². The van der Waals surface area contributed by atoms with Crippen LogP contribution < -0.4 is 0 Å². The fourth-order valence-electron chi connectivity index (χ4n) is 1.77. The molecule has 2 aromatic heterocycles. The zero-order chi connectivity index (χ0) is 12.4. The van der Waals surface area contributed by atoms with E-state index in [-0.39, 0.29) is 5.56 Å². The third-order valence-electron chi connectivity index (χ3n) is 2.61. The highest BCUT2D eigenvalue weighted by molar-refractivity contribution is 5.89. The Morgan fingerprint density at radius 3 is 2.82 bits per heavy atom. The summed E-state index contributed by atoms with van der Waals surface area (Å²) in [5.74, 6) is -0.280. The molecule has 0 aliphatic heterocycles. The molecule has 17 heavy (non-hydrogen) atoms. The van der Waals surface area contributed by atoms with Crippen LogP contribution >= 0.6 is 0 Å². The molecule has 1 N–H and O–H groups in total. The highest BCUT2D eigenvalue weighted by Crippen LogP contribution is 2.24. The topological polar surface area (TPSA) is 63.3 Å². The van der Waals surface area contributed by atoms with Crippen LogP contribution in [0.25, 0.3) is 11.5 Å². The van der Waals surface area contributed by atoms with E-state index >= 15 is 0 Å². The smallest absolute Gasteiger partial charge is 0.337 e. The molecular weight excluding hydrogens is 218 g/mol. The fraction of sp³-hybridized carbons (Fsp3) is 0.231. The summed E-state index contributed by atoms with van der Waals surface area (Å²) in [5.41, 5.74) is 2.35. The molecule has 0 fully saturated rings. The number of carboxylic acid groups (broad SMARTS) is 1. The van der Waals surface area contributed by atoms with E-state index in [1.165, 1.54) is 0 Å². The van der Waals surface area contributed by atoms with Crippen molar-refractivity contribution in [2.45, 2.75) is 20.3 Å². The molecule has 4 heteroatoms. The van der Waals surface area contributed by atoms with Crippen molar-refractivity contribution in [1.82, 2.24) is 4.98 Å². The number of hydrogen-bond donors (Lipinski definition) is 1. The van der Waals surface area contributed by atoms with Crippen LogP contribution in [-0.2, 0) is 6.42 Å². The maximum atomic E-state index is 11.1. The van der Waals surface area contributed by atoms with Crippen LogP contribution in [-0.4, -0.2) is 16.1 Å². The van der Waals surface area contributed by atoms with Gasteiger partial charge in [0.2, 0.25) is 0 Å². The zero-order valence-corrected chi connectivity index (χ0v) is 9.73. The largest absolute Gasteiger partial charge is 0.478 e. The Kier molecular flexibility index (Phi) is 2.95. The molecule has 0 radical (unpaired) electrons. The van der Waals surface area contributed by atoms with Crippen LogP contribution in [0.5, 0.6) is 0 Å². The van der Waals surface area contributed by atoms with Gasteiger partial charge in [0.05, 0.1) is 17.5 Å². The van der Waals surface area contributed by atoms with E-state index in [0.717, 1.165) is 5.56 Å². The van der Waals surface area contributed by atoms with Crippen LogP contribution in [0.3, 0.4) is 0 Å². The first-order valence-corrected chi connectivity index (χ1v) is 5.41. The minimum absolute atomic E-state index is 0.264. The van der Waals surface area contributed by atoms with E-state index in [2.05, 4.69) is 4.98 Å². The SMILES string of the molecule is CCc1nc(-c2ccco2)c(C)cc1C(=O)O. The first-order chi connectivity index (χ1) is 8.13. The number of carbonyl (C=O) groups is 1. The lowest BCUT2D eigenvalue weighted by molar-refractivity contribution is 0.0695. The first-order valence-electron chi connectivity index (χ1n) is 5.41. The fourth-order valence-corrected chi connectivity index (χ4v) is 1.77. The van der Waals surface area contributed by atoms with Gasteiger partial charge in [-0.3, -0.25) is 0 Å². The lowest BCUT2D eigenvalue weighted by Gasteiger charge is -2.08. The lowest BCUT2D eigenvalue weighted by atomic mass is 10.1. The third kappa shape index (κ3) is 2.06. The summed E-state index contributed by atoms with van der Waals surface area (Å²) in [5, 5.41) is 9.08. The van der Waals surface area contributed by atoms with Gasteiger partial charge in [-0.05, 0) is 37.1 Å². The average Bonchev–Trinajstić information content (AvgIpc) is 2.82. The summed E-state index contributed by atoms with van der Waals surface area (Å²) in [6.07, 6.45) is 2.16. The molecule has 2 aromatic rings. The monoisotopic (exact) mass is 231 g/mol. The first kappa shape index (κ1) is 11.4. The number of pyridine rings is 1. The van der Waals surface area contributed by atoms with Crippen LogP contribution in [0.15, 0.2) is 28.9 Å². The Morgan fingerprint density at radius 2 is 2.29 bits per heavy atom. The number of aryl methyl sites for hydroxylation is 2. The number of nitrogens with zero attached hydrogens (tertiary/aromatic N) is 1. The lowest BCUT2D eigenvalue weighted by Crippen LogP contribution is -2.06. The number of rotatable bonds is 3. The van der Waals surface area contributed by atoms with E-state index in [0.29, 0.717) is 23.6 Å². The second kappa shape index (κ2) is 4.41. The molecule has 0 spiro atoms. The van der Waals surface area contributed by atoms with Crippen molar-refractivity contribution in [3.63, 3.8) is 0 Å². The van der Waals surface area contributed by atoms with E-state index < -0.39 is 5.97 Å². The van der Waals surface area contributed by atoms with Crippen molar-refractivity contribution in [3.8, 4) is 11.5 Å². The maximum Gasteiger partial charge on any atom is 0.337 e. The summed E-state index contributed by atoms with van der Waals surface area (Å²) in [6, 6.07) is 5.24. The minimum atomic E-state index is -0.941. The normalized spacial score (nSPS) is 10.5. The van der Waals surface area contributed by atoms with Gasteiger partial charge in [-0.15, -0.1) is 0 Å². The average molecular weight is 231 g/mol. The number of hydrogen-bond acceptors (Lipinski definition) is 3. The standard InChI is InChI=1S/C13H13NO3/c1-3-10-9(13(15)16)7-8(2)12(14-10)11-5-4-6-17-11/h4-7H,3H2,1-2H3,(H,15,16). The second-order valence-electron chi connectivity index (χ2n) is 3.78. The Bertz CT molecular complexity index is 544. The third-order valence-corrected chi connectivity index (χ3v) is 2.61. The van der Waals surface area contributed by atoms with Gasteiger partial charge in [-0.25, -0.2) is 9.78 Å². The van der Waals surface area contributed by atoms with Gasteiger partial charge < -0.3 is 9.52 Å². The molecule has 0 saturated carbocycles. The van der Waals surface area contributed by atoms with Gasteiger partial charge in [0, 0.05) is 0 Å². The van der Waals surface area contributed by atoms with Crippen LogP contribution in [0.1, 0.15) is 28.5 Å². The number of aromatic carboxylic acids is 1. The molecule has 0 aliphatic carbocycles. The van der Waals surface area contributed by atoms with Gasteiger partial charge in [0.1, 0.15) is 5.69 Å². The van der Waals surface area contributed by atoms with Crippen LogP contribution in [0.2, 0.25) is 0 Å². The molecule has 0 bridgehead atoms. The Hall–Kier alpha value is -2.10. The maximum absolute atomic E-state index is 11.1. The summed E-state index contributed by atoms with van der Waals surface area (Å²) in [4.78, 5) is 15.4. The molecule has 0 amide bonds. The molecule has 0 aromatic carbocycles. The predicted octanol–water partition coefficient (Wildman–Crippen LogP) is 2.91. The summed E-state index contributed by atoms with van der Waals surface area (Å²) in [7, 11) is 0. The number of aromatic nitrogens is 1. The Balaban J connectivity index is 2.60. The molecule has 0 unspecified atom stereocenters. The molecule has 0 atom stereocenters. The Morgan fingerprint density at radius 1 is 1.53 bits per heavy atom. The van der Waals surface area contributed by atoms with Crippen LogP contribution in [0.4, 0.5) is 0 Å². The van der Waals surface area contributed by atoms with Crippen molar-refractivity contribution >= 4 is 5.97 Å². The second-order valence-corrected chi connectivity index (χ2v) is 3.78. The quantitative estimate of drug-likeness (QED) is 0.882. The van der Waals surface area contributed by atoms with E-state index in [9.17, 15) is 4.79 Å². The molecule has 0 saturated heterocycles. The van der Waals surface area contributed by atoms with E-state index in [4.69, 9.17) is 9.52 Å². The summed E-state index contributed by atoms with van der Waals surface area (Å²) in [6.45, 7) is 3.72.